The zero-order valence-electron chi connectivity index (χ0n) is 33.2. The van der Waals surface area contributed by atoms with E-state index in [2.05, 4.69) is 91.7 Å². The number of carbonyl (C=O) groups excluding carboxylic acids is 1. The van der Waals surface area contributed by atoms with Gasteiger partial charge in [0.1, 0.15) is 6.10 Å². The number of hydrogen-bond donors (Lipinski definition) is 0. The minimum absolute atomic E-state index is 0.152. The summed E-state index contributed by atoms with van der Waals surface area (Å²) in [5.41, 5.74) is 0. The molecule has 0 saturated carbocycles. The molecule has 0 aliphatic carbocycles. The third-order valence-electron chi connectivity index (χ3n) is 8.27. The first kappa shape index (κ1) is 47.8. The molecule has 0 saturated heterocycles. The number of rotatable bonds is 37. The van der Waals surface area contributed by atoms with Crippen LogP contribution in [-0.2, 0) is 19.0 Å². The zero-order valence-corrected chi connectivity index (χ0v) is 33.2. The van der Waals surface area contributed by atoms with Crippen LogP contribution in [-0.4, -0.2) is 64.0 Å². The van der Waals surface area contributed by atoms with E-state index in [1.807, 2.05) is 14.1 Å². The van der Waals surface area contributed by atoms with Crippen molar-refractivity contribution in [3.8, 4) is 0 Å². The maximum Gasteiger partial charge on any atom is 0.306 e. The normalized spacial score (nSPS) is 13.2. The lowest BCUT2D eigenvalue weighted by atomic mass is 10.1. The van der Waals surface area contributed by atoms with Crippen molar-refractivity contribution in [2.45, 2.75) is 161 Å². The third-order valence-corrected chi connectivity index (χ3v) is 8.27. The van der Waals surface area contributed by atoms with Gasteiger partial charge in [-0.15, -0.1) is 0 Å². The van der Waals surface area contributed by atoms with Gasteiger partial charge in [0, 0.05) is 19.6 Å². The van der Waals surface area contributed by atoms with Crippen LogP contribution in [0.1, 0.15) is 155 Å². The van der Waals surface area contributed by atoms with Gasteiger partial charge < -0.3 is 19.1 Å². The van der Waals surface area contributed by atoms with Crippen molar-refractivity contribution in [1.82, 2.24) is 4.90 Å². The highest BCUT2D eigenvalue weighted by molar-refractivity contribution is 5.69. The molecule has 0 bridgehead atoms. The molecule has 0 rings (SSSR count). The van der Waals surface area contributed by atoms with Crippen LogP contribution in [0.25, 0.3) is 0 Å². The van der Waals surface area contributed by atoms with E-state index in [9.17, 15) is 4.79 Å². The van der Waals surface area contributed by atoms with Crippen molar-refractivity contribution in [3.05, 3.63) is 72.9 Å². The fraction of sp³-hybridized carbons (Fsp3) is 0.711. The van der Waals surface area contributed by atoms with Gasteiger partial charge in [-0.05, 0) is 104 Å². The third kappa shape index (κ3) is 40.2. The van der Waals surface area contributed by atoms with Gasteiger partial charge >= 0.3 is 5.97 Å². The molecule has 0 aliphatic heterocycles. The molecule has 50 heavy (non-hydrogen) atoms. The molecule has 0 radical (unpaired) electrons. The van der Waals surface area contributed by atoms with Crippen LogP contribution in [0.3, 0.4) is 0 Å². The van der Waals surface area contributed by atoms with Gasteiger partial charge in [-0.25, -0.2) is 0 Å². The topological polar surface area (TPSA) is 48.0 Å². The highest BCUT2D eigenvalue weighted by Crippen LogP contribution is 2.10. The molecule has 0 aromatic carbocycles. The molecule has 0 aromatic rings. The summed E-state index contributed by atoms with van der Waals surface area (Å²) in [5.74, 6) is -0.152. The second-order valence-corrected chi connectivity index (χ2v) is 13.6. The number of ether oxygens (including phenoxy) is 3. The lowest BCUT2D eigenvalue weighted by Crippen LogP contribution is -2.29. The summed E-state index contributed by atoms with van der Waals surface area (Å²) in [6, 6.07) is 0. The van der Waals surface area contributed by atoms with Crippen LogP contribution in [0.4, 0.5) is 0 Å². The molecule has 0 atom stereocenters. The molecular weight excluding hydrogens is 618 g/mol. The van der Waals surface area contributed by atoms with Gasteiger partial charge in [-0.3, -0.25) is 4.79 Å². The Labute approximate surface area is 310 Å². The van der Waals surface area contributed by atoms with Crippen LogP contribution >= 0.6 is 0 Å². The monoisotopic (exact) mass is 698 g/mol. The first-order chi connectivity index (χ1) is 24.6. The van der Waals surface area contributed by atoms with Gasteiger partial charge in [-0.2, -0.15) is 0 Å². The smallest absolute Gasteiger partial charge is 0.306 e. The average Bonchev–Trinajstić information content (AvgIpc) is 3.10. The van der Waals surface area contributed by atoms with Gasteiger partial charge in [0.05, 0.1) is 13.2 Å². The van der Waals surface area contributed by atoms with Gasteiger partial charge in [0.25, 0.3) is 0 Å². The van der Waals surface area contributed by atoms with Crippen LogP contribution in [0.15, 0.2) is 72.9 Å². The Kier molecular flexibility index (Phi) is 39.4. The van der Waals surface area contributed by atoms with E-state index in [0.717, 1.165) is 64.3 Å². The van der Waals surface area contributed by atoms with Gasteiger partial charge in [-0.1, -0.05) is 138 Å². The summed E-state index contributed by atoms with van der Waals surface area (Å²) in [5, 5.41) is 0. The van der Waals surface area contributed by atoms with Crippen molar-refractivity contribution in [2.24, 2.45) is 0 Å². The summed E-state index contributed by atoms with van der Waals surface area (Å²) >= 11 is 0. The Morgan fingerprint density at radius 2 is 0.880 bits per heavy atom. The molecule has 0 aliphatic rings. The molecule has 288 valence electrons. The van der Waals surface area contributed by atoms with Crippen molar-refractivity contribution in [2.75, 3.05) is 47.1 Å². The van der Waals surface area contributed by atoms with Crippen LogP contribution in [0.2, 0.25) is 0 Å². The predicted molar refractivity (Wildman–Crippen MR) is 218 cm³/mol. The molecule has 0 fully saturated rings. The highest BCUT2D eigenvalue weighted by Gasteiger charge is 2.15. The van der Waals surface area contributed by atoms with Crippen LogP contribution < -0.4 is 0 Å². The molecule has 0 heterocycles. The van der Waals surface area contributed by atoms with Crippen LogP contribution in [0.5, 0.6) is 0 Å². The van der Waals surface area contributed by atoms with Crippen molar-refractivity contribution < 1.29 is 19.0 Å². The Morgan fingerprint density at radius 1 is 0.500 bits per heavy atom. The standard InChI is InChI=1S/C45H79NO4/c1-5-7-9-11-13-15-17-19-21-23-25-27-29-31-33-35-40-48-42-44(50-45(47)38-37-39-46(3)4)43-49-41-36-34-32-30-28-26-24-22-20-18-16-14-12-10-8-6-2/h7-10,13-16,19-22,44H,5-6,11-12,17-18,23-43H2,1-4H3. The number of allylic oxidation sites excluding steroid dienone is 12. The van der Waals surface area contributed by atoms with E-state index in [4.69, 9.17) is 14.2 Å². The maximum absolute atomic E-state index is 12.4. The summed E-state index contributed by atoms with van der Waals surface area (Å²) in [7, 11) is 4.05. The quantitative estimate of drug-likeness (QED) is 0.0367. The second-order valence-electron chi connectivity index (χ2n) is 13.6. The van der Waals surface area contributed by atoms with E-state index in [1.165, 1.54) is 77.0 Å². The maximum atomic E-state index is 12.4. The fourth-order valence-electron chi connectivity index (χ4n) is 5.33. The zero-order chi connectivity index (χ0) is 36.4. The first-order valence-electron chi connectivity index (χ1n) is 20.5. The van der Waals surface area contributed by atoms with E-state index in [-0.39, 0.29) is 12.1 Å². The molecule has 5 nitrogen and oxygen atoms in total. The lowest BCUT2D eigenvalue weighted by Gasteiger charge is -2.19. The van der Waals surface area contributed by atoms with Crippen molar-refractivity contribution >= 4 is 5.97 Å². The molecular formula is C45H79NO4. The SMILES string of the molecule is CCC=CCC=CCC=CCCCCCCCCOCC(COCCCCCCCCC=CCC=CCC=CCC)OC(=O)CCCN(C)C. The number of hydrogen-bond acceptors (Lipinski definition) is 5. The summed E-state index contributed by atoms with van der Waals surface area (Å²) in [6.45, 7) is 7.47. The Balaban J connectivity index is 3.97. The van der Waals surface area contributed by atoms with Gasteiger partial charge in [0.2, 0.25) is 0 Å². The predicted octanol–water partition coefficient (Wildman–Crippen LogP) is 12.5. The second kappa shape index (κ2) is 41.2. The number of esters is 1. The van der Waals surface area contributed by atoms with Crippen LogP contribution in [0, 0.1) is 0 Å². The van der Waals surface area contributed by atoms with Crippen molar-refractivity contribution in [3.63, 3.8) is 0 Å². The summed E-state index contributed by atoms with van der Waals surface area (Å²) in [4.78, 5) is 14.5. The summed E-state index contributed by atoms with van der Waals surface area (Å²) < 4.78 is 17.7. The van der Waals surface area contributed by atoms with E-state index >= 15 is 0 Å². The molecule has 5 heteroatoms. The largest absolute Gasteiger partial charge is 0.457 e. The molecule has 0 amide bonds. The fourth-order valence-corrected chi connectivity index (χ4v) is 5.33. The average molecular weight is 698 g/mol. The minimum atomic E-state index is -0.329. The minimum Gasteiger partial charge on any atom is -0.457 e. The van der Waals surface area contributed by atoms with E-state index in [0.29, 0.717) is 32.8 Å². The molecule has 0 N–H and O–H groups in total. The van der Waals surface area contributed by atoms with Crippen molar-refractivity contribution in [1.29, 1.82) is 0 Å². The molecule has 0 unspecified atom stereocenters. The summed E-state index contributed by atoms with van der Waals surface area (Å²) in [6.07, 6.45) is 51.4. The molecule has 0 aromatic heterocycles. The van der Waals surface area contributed by atoms with E-state index in [1.54, 1.807) is 0 Å². The Morgan fingerprint density at radius 3 is 1.30 bits per heavy atom. The Hall–Kier alpha value is -2.21. The first-order valence-corrected chi connectivity index (χ1v) is 20.5. The number of carbonyl (C=O) groups is 1. The lowest BCUT2D eigenvalue weighted by molar-refractivity contribution is -0.156. The number of nitrogens with zero attached hydrogens (tertiary/aromatic N) is 1. The van der Waals surface area contributed by atoms with Gasteiger partial charge in [0.15, 0.2) is 0 Å². The number of unbranched alkanes of at least 4 members (excludes halogenated alkanes) is 12. The van der Waals surface area contributed by atoms with E-state index < -0.39 is 0 Å². The Bertz CT molecular complexity index is 828. The molecule has 0 spiro atoms. The highest BCUT2D eigenvalue weighted by atomic mass is 16.6.